The Balaban J connectivity index is 0.00000380. The summed E-state index contributed by atoms with van der Waals surface area (Å²) in [6.07, 6.45) is 5.38. The van der Waals surface area contributed by atoms with Gasteiger partial charge in [-0.3, -0.25) is 14.6 Å². The highest BCUT2D eigenvalue weighted by molar-refractivity contribution is 7.98. The van der Waals surface area contributed by atoms with E-state index in [1.165, 1.54) is 16.2 Å². The molecule has 0 bridgehead atoms. The van der Waals surface area contributed by atoms with Gasteiger partial charge in [0.1, 0.15) is 0 Å². The van der Waals surface area contributed by atoms with Crippen LogP contribution in [0, 0.1) is 0 Å². The molecule has 2 heterocycles. The fourth-order valence-electron chi connectivity index (χ4n) is 3.96. The van der Waals surface area contributed by atoms with Gasteiger partial charge in [-0.25, -0.2) is 4.98 Å². The number of methoxy groups -OCH3 is 3. The van der Waals surface area contributed by atoms with Crippen LogP contribution in [0.25, 0.3) is 16.3 Å². The molecule has 8 nitrogen and oxygen atoms in total. The first-order valence-electron chi connectivity index (χ1n) is 11.6. The molecular formula is C26H32ClN3O5S2. The Morgan fingerprint density at radius 1 is 1.14 bits per heavy atom. The largest absolute Gasteiger partial charge is 0.493 e. The van der Waals surface area contributed by atoms with Crippen molar-refractivity contribution in [3.05, 3.63) is 42.0 Å². The van der Waals surface area contributed by atoms with Gasteiger partial charge in [-0.15, -0.1) is 24.2 Å². The molecule has 1 amide bonds. The second-order valence-electron chi connectivity index (χ2n) is 8.07. The van der Waals surface area contributed by atoms with Crippen molar-refractivity contribution in [3.63, 3.8) is 0 Å². The summed E-state index contributed by atoms with van der Waals surface area (Å²) in [7, 11) is 4.70. The van der Waals surface area contributed by atoms with E-state index in [0.717, 1.165) is 35.4 Å². The highest BCUT2D eigenvalue weighted by Gasteiger charge is 2.21. The van der Waals surface area contributed by atoms with Gasteiger partial charge in [-0.1, -0.05) is 11.3 Å². The van der Waals surface area contributed by atoms with Gasteiger partial charge in [-0.05, 0) is 48.2 Å². The lowest BCUT2D eigenvalue weighted by Gasteiger charge is -2.28. The quantitative estimate of drug-likeness (QED) is 0.255. The second kappa shape index (κ2) is 13.9. The molecule has 37 heavy (non-hydrogen) atoms. The summed E-state index contributed by atoms with van der Waals surface area (Å²) in [6, 6.07) is 9.81. The minimum Gasteiger partial charge on any atom is -0.493 e. The molecule has 11 heteroatoms. The Morgan fingerprint density at radius 3 is 2.46 bits per heavy atom. The third-order valence-corrected chi connectivity index (χ3v) is 7.70. The maximum Gasteiger partial charge on any atom is 0.252 e. The molecule has 4 rings (SSSR count). The van der Waals surface area contributed by atoms with Crippen molar-refractivity contribution >= 4 is 62.8 Å². The van der Waals surface area contributed by atoms with Gasteiger partial charge >= 0.3 is 0 Å². The second-order valence-corrected chi connectivity index (χ2v) is 9.95. The number of benzene rings is 2. The number of hydrogen-bond donors (Lipinski definition) is 0. The average molecular weight is 566 g/mol. The van der Waals surface area contributed by atoms with E-state index in [1.807, 2.05) is 18.2 Å². The van der Waals surface area contributed by atoms with E-state index < -0.39 is 0 Å². The smallest absolute Gasteiger partial charge is 0.252 e. The number of thioether (sulfide) groups is 1. The summed E-state index contributed by atoms with van der Waals surface area (Å²) in [5, 5.41) is 0.691. The van der Waals surface area contributed by atoms with Crippen LogP contribution in [0.15, 0.2) is 41.3 Å². The highest BCUT2D eigenvalue weighted by atomic mass is 35.5. The number of anilines is 1. The summed E-state index contributed by atoms with van der Waals surface area (Å²) >= 11 is 3.23. The van der Waals surface area contributed by atoms with E-state index in [9.17, 15) is 4.79 Å². The highest BCUT2D eigenvalue weighted by Crippen LogP contribution is 2.38. The zero-order valence-electron chi connectivity index (χ0n) is 21.4. The van der Waals surface area contributed by atoms with Crippen molar-refractivity contribution in [2.45, 2.75) is 4.90 Å². The Bertz CT molecular complexity index is 1210. The average Bonchev–Trinajstić information content (AvgIpc) is 3.34. The Morgan fingerprint density at radius 2 is 1.84 bits per heavy atom. The fraction of sp³-hybridized carbons (Fsp3) is 0.385. The van der Waals surface area contributed by atoms with E-state index in [1.54, 1.807) is 50.1 Å². The summed E-state index contributed by atoms with van der Waals surface area (Å²) in [6.45, 7) is 4.44. The van der Waals surface area contributed by atoms with Gasteiger partial charge in [-0.2, -0.15) is 0 Å². The van der Waals surface area contributed by atoms with Gasteiger partial charge in [0.2, 0.25) is 5.75 Å². The first-order chi connectivity index (χ1) is 17.6. The maximum atomic E-state index is 13.5. The van der Waals surface area contributed by atoms with Crippen molar-refractivity contribution < 1.29 is 23.7 Å². The lowest BCUT2D eigenvalue weighted by Crippen LogP contribution is -2.42. The van der Waals surface area contributed by atoms with Crippen LogP contribution in [0.2, 0.25) is 0 Å². The van der Waals surface area contributed by atoms with Crippen LogP contribution in [-0.4, -0.2) is 82.8 Å². The van der Waals surface area contributed by atoms with Crippen molar-refractivity contribution in [1.29, 1.82) is 0 Å². The predicted molar refractivity (Wildman–Crippen MR) is 153 cm³/mol. The van der Waals surface area contributed by atoms with Crippen molar-refractivity contribution in [2.75, 3.05) is 71.9 Å². The van der Waals surface area contributed by atoms with E-state index >= 15 is 0 Å². The number of morpholine rings is 1. The van der Waals surface area contributed by atoms with Crippen LogP contribution in [0.1, 0.15) is 5.56 Å². The minimum atomic E-state index is -0.138. The van der Waals surface area contributed by atoms with Crippen LogP contribution in [0.5, 0.6) is 17.2 Å². The summed E-state index contributed by atoms with van der Waals surface area (Å²) in [5.41, 5.74) is 1.66. The molecule has 200 valence electrons. The molecule has 0 saturated carbocycles. The van der Waals surface area contributed by atoms with Crippen LogP contribution in [-0.2, 0) is 9.53 Å². The molecule has 0 atom stereocenters. The van der Waals surface area contributed by atoms with Crippen LogP contribution >= 0.6 is 35.5 Å². The zero-order chi connectivity index (χ0) is 25.5. The number of aromatic nitrogens is 1. The van der Waals surface area contributed by atoms with Crippen LogP contribution in [0.4, 0.5) is 5.13 Å². The molecule has 0 unspecified atom stereocenters. The number of halogens is 1. The van der Waals surface area contributed by atoms with E-state index in [-0.39, 0.29) is 18.3 Å². The molecule has 0 spiro atoms. The topological polar surface area (TPSA) is 73.4 Å². The minimum absolute atomic E-state index is 0. The number of thiazole rings is 1. The van der Waals surface area contributed by atoms with Crippen LogP contribution < -0.4 is 19.1 Å². The molecular weight excluding hydrogens is 534 g/mol. The molecule has 1 saturated heterocycles. The number of ether oxygens (including phenoxy) is 4. The van der Waals surface area contributed by atoms with E-state index in [2.05, 4.69) is 23.3 Å². The van der Waals surface area contributed by atoms with E-state index in [0.29, 0.717) is 42.1 Å². The summed E-state index contributed by atoms with van der Waals surface area (Å²) in [5.74, 6) is 1.43. The number of carbonyl (C=O) groups is 1. The number of amides is 1. The molecule has 0 N–H and O–H groups in total. The van der Waals surface area contributed by atoms with Gasteiger partial charge in [0.15, 0.2) is 16.6 Å². The predicted octanol–water partition coefficient (Wildman–Crippen LogP) is 4.84. The normalized spacial score (nSPS) is 13.9. The van der Waals surface area contributed by atoms with Crippen molar-refractivity contribution in [2.24, 2.45) is 0 Å². The maximum absolute atomic E-state index is 13.5. The van der Waals surface area contributed by atoms with Crippen LogP contribution in [0.3, 0.4) is 0 Å². The number of fused-ring (bicyclic) bond motifs is 1. The summed E-state index contributed by atoms with van der Waals surface area (Å²) in [4.78, 5) is 23.5. The third-order valence-electron chi connectivity index (χ3n) is 5.93. The first-order valence-corrected chi connectivity index (χ1v) is 13.6. The van der Waals surface area contributed by atoms with Gasteiger partial charge in [0, 0.05) is 37.2 Å². The number of carbonyl (C=O) groups excluding carboxylic acids is 1. The molecule has 2 aromatic carbocycles. The SMILES string of the molecule is COc1cc(C=CC(=O)N(CCN2CCOCC2)c2nc3ccc(SC)cc3s2)cc(OC)c1OC.Cl. The van der Waals surface area contributed by atoms with Gasteiger partial charge in [0.05, 0.1) is 44.8 Å². The molecule has 1 aliphatic heterocycles. The lowest BCUT2D eigenvalue weighted by atomic mass is 10.1. The monoisotopic (exact) mass is 565 g/mol. The van der Waals surface area contributed by atoms with Crippen molar-refractivity contribution in [3.8, 4) is 17.2 Å². The fourth-order valence-corrected chi connectivity index (χ4v) is 5.51. The first kappa shape index (κ1) is 29.1. The van der Waals surface area contributed by atoms with Gasteiger partial charge in [0.25, 0.3) is 5.91 Å². The number of rotatable bonds is 10. The standard InChI is InChI=1S/C26H31N3O5S2.ClH/c1-31-21-15-18(16-22(32-2)25(21)33-3)5-8-24(30)29(10-9-28-11-13-34-14-12-28)26-27-20-7-6-19(35-4)17-23(20)36-26;/h5-8,15-17H,9-14H2,1-4H3;1H. The lowest BCUT2D eigenvalue weighted by molar-refractivity contribution is -0.114. The number of nitrogens with zero attached hydrogens (tertiary/aromatic N) is 3. The molecule has 1 fully saturated rings. The molecule has 1 aromatic heterocycles. The molecule has 0 aliphatic carbocycles. The van der Waals surface area contributed by atoms with Crippen molar-refractivity contribution in [1.82, 2.24) is 9.88 Å². The number of hydrogen-bond acceptors (Lipinski definition) is 9. The molecule has 1 aliphatic rings. The Kier molecular flexibility index (Phi) is 10.9. The zero-order valence-corrected chi connectivity index (χ0v) is 23.8. The molecule has 3 aromatic rings. The Hall–Kier alpha value is -2.50. The van der Waals surface area contributed by atoms with Gasteiger partial charge < -0.3 is 18.9 Å². The molecule has 0 radical (unpaired) electrons. The van der Waals surface area contributed by atoms with E-state index in [4.69, 9.17) is 23.9 Å². The summed E-state index contributed by atoms with van der Waals surface area (Å²) < 4.78 is 22.8. The third kappa shape index (κ3) is 7.08. The Labute approximate surface area is 231 Å².